The van der Waals surface area contributed by atoms with Crippen LogP contribution in [0.4, 0.5) is 0 Å². The van der Waals surface area contributed by atoms with Crippen molar-refractivity contribution in [3.63, 3.8) is 0 Å². The Bertz CT molecular complexity index is 938. The quantitative estimate of drug-likeness (QED) is 0.687. The van der Waals surface area contributed by atoms with Gasteiger partial charge in [-0.05, 0) is 49.7 Å². The molecule has 1 aliphatic carbocycles. The molecule has 2 aliphatic rings. The number of aryl methyl sites for hydroxylation is 1. The van der Waals surface area contributed by atoms with Crippen LogP contribution in [-0.2, 0) is 29.5 Å². The van der Waals surface area contributed by atoms with E-state index in [9.17, 15) is 9.59 Å². The first-order valence-corrected chi connectivity index (χ1v) is 12.5. The number of hydrogen-bond donors (Lipinski definition) is 1. The highest BCUT2D eigenvalue weighted by atomic mass is 32.2. The molecule has 162 valence electrons. The molecule has 30 heavy (non-hydrogen) atoms. The van der Waals surface area contributed by atoms with Gasteiger partial charge < -0.3 is 15.2 Å². The fourth-order valence-corrected chi connectivity index (χ4v) is 6.41. The van der Waals surface area contributed by atoms with Crippen LogP contribution in [-0.4, -0.2) is 50.3 Å². The number of hydrogen-bond acceptors (Lipinski definition) is 6. The van der Waals surface area contributed by atoms with Crippen molar-refractivity contribution in [2.24, 2.45) is 24.6 Å². The highest BCUT2D eigenvalue weighted by Gasteiger charge is 2.27. The zero-order valence-electron chi connectivity index (χ0n) is 17.6. The SMILES string of the molecule is CCC1CCc2sc(-c3nnc(SCC(=O)N4CCCC(C(N)=O)C4)n3C)cc2C1. The van der Waals surface area contributed by atoms with E-state index in [-0.39, 0.29) is 23.5 Å². The lowest BCUT2D eigenvalue weighted by Gasteiger charge is -2.31. The molecule has 2 atom stereocenters. The second kappa shape index (κ2) is 9.09. The smallest absolute Gasteiger partial charge is 0.233 e. The lowest BCUT2D eigenvalue weighted by molar-refractivity contribution is -0.132. The molecule has 1 fully saturated rings. The van der Waals surface area contributed by atoms with Gasteiger partial charge >= 0.3 is 0 Å². The Labute approximate surface area is 185 Å². The molecule has 7 nitrogen and oxygen atoms in total. The molecule has 1 aliphatic heterocycles. The zero-order valence-corrected chi connectivity index (χ0v) is 19.2. The van der Waals surface area contributed by atoms with Crippen LogP contribution >= 0.6 is 23.1 Å². The topological polar surface area (TPSA) is 94.1 Å². The van der Waals surface area contributed by atoms with Crippen molar-refractivity contribution in [2.45, 2.75) is 50.6 Å². The van der Waals surface area contributed by atoms with Crippen LogP contribution in [0.15, 0.2) is 11.2 Å². The molecule has 2 amide bonds. The van der Waals surface area contributed by atoms with Crippen molar-refractivity contribution >= 4 is 34.9 Å². The van der Waals surface area contributed by atoms with Crippen molar-refractivity contribution in [1.82, 2.24) is 19.7 Å². The molecular formula is C21H29N5O2S2. The summed E-state index contributed by atoms with van der Waals surface area (Å²) in [6.45, 7) is 3.39. The summed E-state index contributed by atoms with van der Waals surface area (Å²) in [4.78, 5) is 28.5. The van der Waals surface area contributed by atoms with Gasteiger partial charge in [0.05, 0.1) is 16.5 Å². The molecule has 4 rings (SSSR count). The van der Waals surface area contributed by atoms with Crippen LogP contribution in [0, 0.1) is 11.8 Å². The minimum atomic E-state index is -0.318. The summed E-state index contributed by atoms with van der Waals surface area (Å²) in [5, 5.41) is 9.47. The molecule has 0 saturated carbocycles. The van der Waals surface area contributed by atoms with E-state index in [1.165, 1.54) is 41.5 Å². The van der Waals surface area contributed by atoms with Gasteiger partial charge in [-0.1, -0.05) is 25.1 Å². The highest BCUT2D eigenvalue weighted by Crippen LogP contribution is 2.38. The van der Waals surface area contributed by atoms with E-state index in [0.717, 1.165) is 41.0 Å². The van der Waals surface area contributed by atoms with E-state index in [0.29, 0.717) is 13.1 Å². The average molecular weight is 448 g/mol. The van der Waals surface area contributed by atoms with E-state index >= 15 is 0 Å². The van der Waals surface area contributed by atoms with Crippen LogP contribution in [0.1, 0.15) is 43.0 Å². The Morgan fingerprint density at radius 1 is 1.33 bits per heavy atom. The highest BCUT2D eigenvalue weighted by molar-refractivity contribution is 7.99. The molecule has 2 N–H and O–H groups in total. The number of nitrogens with zero attached hydrogens (tertiary/aromatic N) is 4. The molecule has 1 saturated heterocycles. The fourth-order valence-electron chi connectivity index (χ4n) is 4.37. The number of primary amides is 1. The predicted octanol–water partition coefficient (Wildman–Crippen LogP) is 2.87. The van der Waals surface area contributed by atoms with Crippen molar-refractivity contribution in [3.8, 4) is 10.7 Å². The number of carbonyl (C=O) groups excluding carboxylic acids is 2. The molecule has 9 heteroatoms. The van der Waals surface area contributed by atoms with Gasteiger partial charge in [0.15, 0.2) is 11.0 Å². The number of nitrogens with two attached hydrogens (primary N) is 1. The number of amides is 2. The number of aromatic nitrogens is 3. The first-order valence-electron chi connectivity index (χ1n) is 10.7. The van der Waals surface area contributed by atoms with Crippen molar-refractivity contribution in [2.75, 3.05) is 18.8 Å². The Morgan fingerprint density at radius 3 is 2.93 bits per heavy atom. The molecule has 2 aromatic rings. The minimum absolute atomic E-state index is 0.0210. The van der Waals surface area contributed by atoms with E-state index in [1.54, 1.807) is 4.90 Å². The standard InChI is InChI=1S/C21H29N5O2S2/c1-3-13-6-7-16-15(9-13)10-17(30-16)20-23-24-21(25(20)2)29-12-18(27)26-8-4-5-14(11-26)19(22)28/h10,13-14H,3-9,11-12H2,1-2H3,(H2,22,28). The van der Waals surface area contributed by atoms with Gasteiger partial charge in [-0.2, -0.15) is 0 Å². The molecule has 2 unspecified atom stereocenters. The first kappa shape index (κ1) is 21.4. The third-order valence-electron chi connectivity index (χ3n) is 6.32. The van der Waals surface area contributed by atoms with E-state index in [4.69, 9.17) is 5.73 Å². The maximum absolute atomic E-state index is 12.6. The molecule has 3 heterocycles. The predicted molar refractivity (Wildman–Crippen MR) is 119 cm³/mol. The molecule has 0 aromatic carbocycles. The van der Waals surface area contributed by atoms with Gasteiger partial charge in [-0.25, -0.2) is 0 Å². The molecular weight excluding hydrogens is 418 g/mol. The molecule has 0 bridgehead atoms. The summed E-state index contributed by atoms with van der Waals surface area (Å²) in [5.74, 6) is 1.42. The van der Waals surface area contributed by atoms with Crippen LogP contribution < -0.4 is 5.73 Å². The number of thiophene rings is 1. The van der Waals surface area contributed by atoms with Crippen LogP contribution in [0.3, 0.4) is 0 Å². The largest absolute Gasteiger partial charge is 0.369 e. The second-order valence-corrected chi connectivity index (χ2v) is 10.4. The average Bonchev–Trinajstić information content (AvgIpc) is 3.34. The number of carbonyl (C=O) groups is 2. The van der Waals surface area contributed by atoms with Gasteiger partial charge in [0.1, 0.15) is 0 Å². The van der Waals surface area contributed by atoms with Gasteiger partial charge in [0, 0.05) is 25.0 Å². The summed E-state index contributed by atoms with van der Waals surface area (Å²) in [6.07, 6.45) is 6.43. The van der Waals surface area contributed by atoms with Crippen LogP contribution in [0.25, 0.3) is 10.7 Å². The fraction of sp³-hybridized carbons (Fsp3) is 0.619. The normalized spacial score (nSPS) is 21.5. The number of fused-ring (bicyclic) bond motifs is 1. The van der Waals surface area contributed by atoms with Gasteiger partial charge in [0.2, 0.25) is 11.8 Å². The minimum Gasteiger partial charge on any atom is -0.369 e. The number of likely N-dealkylation sites (tertiary alicyclic amines) is 1. The summed E-state index contributed by atoms with van der Waals surface area (Å²) in [6, 6.07) is 2.28. The third kappa shape index (κ3) is 4.42. The zero-order chi connectivity index (χ0) is 21.3. The Balaban J connectivity index is 1.40. The van der Waals surface area contributed by atoms with E-state index < -0.39 is 0 Å². The van der Waals surface area contributed by atoms with Gasteiger partial charge in [0.25, 0.3) is 0 Å². The maximum atomic E-state index is 12.6. The third-order valence-corrected chi connectivity index (χ3v) is 8.56. The summed E-state index contributed by atoms with van der Waals surface area (Å²) in [7, 11) is 1.96. The molecule has 0 radical (unpaired) electrons. The summed E-state index contributed by atoms with van der Waals surface area (Å²) < 4.78 is 1.98. The number of piperidine rings is 1. The summed E-state index contributed by atoms with van der Waals surface area (Å²) >= 11 is 3.23. The monoisotopic (exact) mass is 447 g/mol. The Hall–Kier alpha value is -1.87. The molecule has 0 spiro atoms. The lowest BCUT2D eigenvalue weighted by Crippen LogP contribution is -2.44. The maximum Gasteiger partial charge on any atom is 0.233 e. The Morgan fingerprint density at radius 2 is 2.17 bits per heavy atom. The van der Waals surface area contributed by atoms with Crippen molar-refractivity contribution in [3.05, 3.63) is 16.5 Å². The van der Waals surface area contributed by atoms with Gasteiger partial charge in [-0.15, -0.1) is 21.5 Å². The van der Waals surface area contributed by atoms with Crippen molar-refractivity contribution < 1.29 is 9.59 Å². The second-order valence-electron chi connectivity index (χ2n) is 8.31. The van der Waals surface area contributed by atoms with Crippen molar-refractivity contribution in [1.29, 1.82) is 0 Å². The number of rotatable bonds is 6. The van der Waals surface area contributed by atoms with E-state index in [1.807, 2.05) is 23.0 Å². The first-order chi connectivity index (χ1) is 14.5. The number of thioether (sulfide) groups is 1. The van der Waals surface area contributed by atoms with Crippen LogP contribution in [0.5, 0.6) is 0 Å². The molecule has 2 aromatic heterocycles. The lowest BCUT2D eigenvalue weighted by atomic mass is 9.87. The van der Waals surface area contributed by atoms with Crippen LogP contribution in [0.2, 0.25) is 0 Å². The van der Waals surface area contributed by atoms with E-state index in [2.05, 4.69) is 23.2 Å². The summed E-state index contributed by atoms with van der Waals surface area (Å²) in [5.41, 5.74) is 6.89. The van der Waals surface area contributed by atoms with Gasteiger partial charge in [-0.3, -0.25) is 9.59 Å². The Kier molecular flexibility index (Phi) is 6.48.